The number of halogens is 1. The summed E-state index contributed by atoms with van der Waals surface area (Å²) in [5, 5.41) is 9.80. The molecule has 1 aliphatic heterocycles. The van der Waals surface area contributed by atoms with E-state index in [1.54, 1.807) is 19.9 Å². The molecule has 0 saturated carbocycles. The maximum Gasteiger partial charge on any atom is 0.309 e. The van der Waals surface area contributed by atoms with Crippen LogP contribution in [0.25, 0.3) is 0 Å². The molecule has 1 aromatic rings. The van der Waals surface area contributed by atoms with E-state index in [1.807, 2.05) is 12.1 Å². The van der Waals surface area contributed by atoms with Crippen LogP contribution in [0, 0.1) is 5.41 Å². The van der Waals surface area contributed by atoms with Gasteiger partial charge in [-0.3, -0.25) is 4.79 Å². The van der Waals surface area contributed by atoms with Crippen LogP contribution in [0.4, 0.5) is 0 Å². The zero-order chi connectivity index (χ0) is 12.6. The van der Waals surface area contributed by atoms with E-state index in [0.717, 1.165) is 11.3 Å². The van der Waals surface area contributed by atoms with E-state index >= 15 is 0 Å². The van der Waals surface area contributed by atoms with Gasteiger partial charge in [0, 0.05) is 16.5 Å². The maximum atomic E-state index is 11.1. The van der Waals surface area contributed by atoms with Crippen molar-refractivity contribution in [1.82, 2.24) is 0 Å². The van der Waals surface area contributed by atoms with E-state index in [9.17, 15) is 4.79 Å². The number of ether oxygens (including phenoxy) is 1. The number of rotatable bonds is 3. The molecule has 17 heavy (non-hydrogen) atoms. The minimum absolute atomic E-state index is 0.106. The van der Waals surface area contributed by atoms with Crippen molar-refractivity contribution in [2.24, 2.45) is 5.41 Å². The Labute approximate surface area is 105 Å². The van der Waals surface area contributed by atoms with Crippen LogP contribution in [0.15, 0.2) is 18.2 Å². The molecule has 0 saturated heterocycles. The molecule has 0 aliphatic carbocycles. The monoisotopic (exact) mass is 254 g/mol. The molecule has 4 heteroatoms. The van der Waals surface area contributed by atoms with Crippen LogP contribution in [0.3, 0.4) is 0 Å². The summed E-state index contributed by atoms with van der Waals surface area (Å²) in [6, 6.07) is 5.49. The van der Waals surface area contributed by atoms with Gasteiger partial charge in [0.1, 0.15) is 5.75 Å². The lowest BCUT2D eigenvalue weighted by Gasteiger charge is -2.22. The van der Waals surface area contributed by atoms with Crippen LogP contribution in [0.2, 0.25) is 5.02 Å². The van der Waals surface area contributed by atoms with Gasteiger partial charge in [0.25, 0.3) is 0 Å². The summed E-state index contributed by atoms with van der Waals surface area (Å²) in [6.07, 6.45) is 0.551. The highest BCUT2D eigenvalue weighted by Crippen LogP contribution is 2.41. The second-order valence-corrected chi connectivity index (χ2v) is 5.52. The van der Waals surface area contributed by atoms with Crippen molar-refractivity contribution in [2.45, 2.75) is 26.2 Å². The molecule has 1 atom stereocenters. The summed E-state index contributed by atoms with van der Waals surface area (Å²) < 4.78 is 5.54. The number of carboxylic acid groups (broad SMARTS) is 1. The molecule has 3 nitrogen and oxygen atoms in total. The van der Waals surface area contributed by atoms with Gasteiger partial charge in [-0.25, -0.2) is 0 Å². The highest BCUT2D eigenvalue weighted by Gasteiger charge is 2.35. The number of fused-ring (bicyclic) bond motifs is 1. The largest absolute Gasteiger partial charge is 0.493 e. The van der Waals surface area contributed by atoms with Gasteiger partial charge in [0.05, 0.1) is 12.0 Å². The van der Waals surface area contributed by atoms with Crippen molar-refractivity contribution in [1.29, 1.82) is 0 Å². The van der Waals surface area contributed by atoms with Gasteiger partial charge in [-0.2, -0.15) is 0 Å². The Morgan fingerprint density at radius 1 is 1.59 bits per heavy atom. The average molecular weight is 255 g/mol. The molecule has 0 radical (unpaired) electrons. The van der Waals surface area contributed by atoms with E-state index in [-0.39, 0.29) is 5.92 Å². The van der Waals surface area contributed by atoms with Crippen molar-refractivity contribution in [2.75, 3.05) is 6.61 Å². The quantitative estimate of drug-likeness (QED) is 0.900. The minimum atomic E-state index is -0.784. The molecule has 0 amide bonds. The molecule has 1 N–H and O–H groups in total. The Morgan fingerprint density at radius 2 is 2.29 bits per heavy atom. The van der Waals surface area contributed by atoms with Crippen molar-refractivity contribution >= 4 is 17.6 Å². The summed E-state index contributed by atoms with van der Waals surface area (Å²) in [4.78, 5) is 11.1. The van der Waals surface area contributed by atoms with Crippen molar-refractivity contribution in [3.63, 3.8) is 0 Å². The molecule has 1 aromatic carbocycles. The van der Waals surface area contributed by atoms with E-state index in [4.69, 9.17) is 21.4 Å². The van der Waals surface area contributed by atoms with Gasteiger partial charge in [-0.05, 0) is 38.5 Å². The predicted molar refractivity (Wildman–Crippen MR) is 65.7 cm³/mol. The third-order valence-corrected chi connectivity index (χ3v) is 3.42. The standard InChI is InChI=1S/C13H15ClO3/c1-13(2,12(15)16)6-8-7-17-11-4-3-9(14)5-10(8)11/h3-5,8H,6-7H2,1-2H3,(H,15,16). The second-order valence-electron chi connectivity index (χ2n) is 5.08. The van der Waals surface area contributed by atoms with E-state index in [0.29, 0.717) is 18.1 Å². The first-order valence-corrected chi connectivity index (χ1v) is 5.93. The maximum absolute atomic E-state index is 11.1. The SMILES string of the molecule is CC(C)(CC1COc2ccc(Cl)cc21)C(=O)O. The first-order valence-electron chi connectivity index (χ1n) is 5.56. The number of hydrogen-bond donors (Lipinski definition) is 1. The highest BCUT2D eigenvalue weighted by molar-refractivity contribution is 6.30. The Hall–Kier alpha value is -1.22. The van der Waals surface area contributed by atoms with Crippen molar-refractivity contribution in [3.05, 3.63) is 28.8 Å². The van der Waals surface area contributed by atoms with Crippen LogP contribution < -0.4 is 4.74 Å². The fourth-order valence-electron chi connectivity index (χ4n) is 2.12. The van der Waals surface area contributed by atoms with Gasteiger partial charge in [0.15, 0.2) is 0 Å². The highest BCUT2D eigenvalue weighted by atomic mass is 35.5. The van der Waals surface area contributed by atoms with Gasteiger partial charge in [0.2, 0.25) is 0 Å². The van der Waals surface area contributed by atoms with Crippen LogP contribution in [0.5, 0.6) is 5.75 Å². The third kappa shape index (κ3) is 2.39. The van der Waals surface area contributed by atoms with Crippen molar-refractivity contribution < 1.29 is 14.6 Å². The lowest BCUT2D eigenvalue weighted by atomic mass is 9.81. The molecule has 1 heterocycles. The van der Waals surface area contributed by atoms with Crippen molar-refractivity contribution in [3.8, 4) is 5.75 Å². The van der Waals surface area contributed by atoms with E-state index < -0.39 is 11.4 Å². The van der Waals surface area contributed by atoms with E-state index in [2.05, 4.69) is 0 Å². The molecular formula is C13H15ClO3. The minimum Gasteiger partial charge on any atom is -0.493 e. The molecule has 0 fully saturated rings. The van der Waals surface area contributed by atoms with E-state index in [1.165, 1.54) is 0 Å². The average Bonchev–Trinajstić information content (AvgIpc) is 2.60. The summed E-state index contributed by atoms with van der Waals surface area (Å²) in [5.41, 5.74) is 0.268. The summed E-state index contributed by atoms with van der Waals surface area (Å²) in [6.45, 7) is 4.00. The summed E-state index contributed by atoms with van der Waals surface area (Å²) >= 11 is 5.95. The summed E-state index contributed by atoms with van der Waals surface area (Å²) in [5.74, 6) is 0.142. The third-order valence-electron chi connectivity index (χ3n) is 3.19. The molecular weight excluding hydrogens is 240 g/mol. The van der Waals surface area contributed by atoms with Gasteiger partial charge in [-0.1, -0.05) is 11.6 Å². The number of carboxylic acids is 1. The normalized spacial score (nSPS) is 18.6. The Bertz CT molecular complexity index is 454. The Balaban J connectivity index is 2.23. The lowest BCUT2D eigenvalue weighted by Crippen LogP contribution is -2.26. The predicted octanol–water partition coefficient (Wildman–Crippen LogP) is 3.32. The van der Waals surface area contributed by atoms with Gasteiger partial charge >= 0.3 is 5.97 Å². The zero-order valence-electron chi connectivity index (χ0n) is 9.87. The number of carbonyl (C=O) groups is 1. The first kappa shape index (κ1) is 12.2. The molecule has 1 aliphatic rings. The zero-order valence-corrected chi connectivity index (χ0v) is 10.6. The topological polar surface area (TPSA) is 46.5 Å². The lowest BCUT2D eigenvalue weighted by molar-refractivity contribution is -0.147. The molecule has 0 bridgehead atoms. The molecule has 1 unspecified atom stereocenters. The first-order chi connectivity index (χ1) is 7.90. The summed E-state index contributed by atoms with van der Waals surface area (Å²) in [7, 11) is 0. The fourth-order valence-corrected chi connectivity index (χ4v) is 2.30. The fraction of sp³-hybridized carbons (Fsp3) is 0.462. The van der Waals surface area contributed by atoms with Crippen LogP contribution in [-0.4, -0.2) is 17.7 Å². The number of benzene rings is 1. The Kier molecular flexibility index (Phi) is 3.04. The van der Waals surface area contributed by atoms with Gasteiger partial charge in [-0.15, -0.1) is 0 Å². The van der Waals surface area contributed by atoms with Crippen LogP contribution in [-0.2, 0) is 4.79 Å². The second kappa shape index (κ2) is 4.22. The van der Waals surface area contributed by atoms with Crippen LogP contribution >= 0.6 is 11.6 Å². The molecule has 92 valence electrons. The molecule has 0 spiro atoms. The number of aliphatic carboxylic acids is 1. The van der Waals surface area contributed by atoms with Crippen LogP contribution in [0.1, 0.15) is 31.7 Å². The smallest absolute Gasteiger partial charge is 0.309 e. The van der Waals surface area contributed by atoms with Gasteiger partial charge < -0.3 is 9.84 Å². The Morgan fingerprint density at radius 3 is 2.94 bits per heavy atom. The number of hydrogen-bond acceptors (Lipinski definition) is 2. The molecule has 2 rings (SSSR count). The molecule has 0 aromatic heterocycles.